The number of nitrogens with one attached hydrogen (secondary N) is 2. The van der Waals surface area contributed by atoms with Crippen LogP contribution in [0.5, 0.6) is 17.2 Å². The number of benzene rings is 2. The van der Waals surface area contributed by atoms with Crippen molar-refractivity contribution in [3.63, 3.8) is 0 Å². The number of aromatic nitrogens is 2. The molecule has 3 aliphatic rings. The Bertz CT molecular complexity index is 1320. The van der Waals surface area contributed by atoms with Gasteiger partial charge < -0.3 is 29.7 Å². The molecule has 2 aromatic carbocycles. The van der Waals surface area contributed by atoms with E-state index < -0.39 is 6.04 Å². The monoisotopic (exact) mass is 517 g/mol. The van der Waals surface area contributed by atoms with Gasteiger partial charge in [0.1, 0.15) is 17.5 Å². The quantitative estimate of drug-likeness (QED) is 0.524. The van der Waals surface area contributed by atoms with Crippen LogP contribution in [-0.2, 0) is 11.3 Å². The van der Waals surface area contributed by atoms with E-state index in [4.69, 9.17) is 14.2 Å². The van der Waals surface area contributed by atoms with Gasteiger partial charge in [0.05, 0.1) is 19.3 Å². The lowest BCUT2D eigenvalue weighted by Gasteiger charge is -2.38. The van der Waals surface area contributed by atoms with Gasteiger partial charge in [-0.25, -0.2) is 4.98 Å². The maximum atomic E-state index is 13.3. The highest BCUT2D eigenvalue weighted by Crippen LogP contribution is 2.29. The molecule has 1 saturated heterocycles. The molecular weight excluding hydrogens is 490 g/mol. The molecule has 2 atom stereocenters. The second-order valence-corrected chi connectivity index (χ2v) is 8.94. The van der Waals surface area contributed by atoms with Crippen LogP contribution in [-0.4, -0.2) is 71.5 Å². The molecule has 3 aromatic rings. The summed E-state index contributed by atoms with van der Waals surface area (Å²) in [6.45, 7) is 0.733. The molecule has 11 nitrogen and oxygen atoms in total. The number of fused-ring (bicyclic) bond motifs is 7. The summed E-state index contributed by atoms with van der Waals surface area (Å²) in [6.07, 6.45) is 4.50. The van der Waals surface area contributed by atoms with Crippen molar-refractivity contribution in [1.29, 1.82) is 0 Å². The minimum absolute atomic E-state index is 0.224. The van der Waals surface area contributed by atoms with Crippen molar-refractivity contribution in [3.05, 3.63) is 77.9 Å². The van der Waals surface area contributed by atoms with E-state index in [1.807, 2.05) is 24.3 Å². The predicted molar refractivity (Wildman–Crippen MR) is 135 cm³/mol. The molecule has 0 spiro atoms. The summed E-state index contributed by atoms with van der Waals surface area (Å²) < 4.78 is 17.3. The highest BCUT2D eigenvalue weighted by molar-refractivity contribution is 5.95. The summed E-state index contributed by atoms with van der Waals surface area (Å²) in [5, 5.41) is 5.84. The first-order valence-electron chi connectivity index (χ1n) is 12.2. The van der Waals surface area contributed by atoms with Crippen molar-refractivity contribution in [1.82, 2.24) is 25.5 Å². The third-order valence-electron chi connectivity index (χ3n) is 6.42. The molecule has 3 amide bonds. The van der Waals surface area contributed by atoms with Crippen molar-refractivity contribution in [2.24, 2.45) is 0 Å². The number of carbonyl (C=O) groups is 3. The van der Waals surface area contributed by atoms with E-state index in [1.165, 1.54) is 31.8 Å². The Morgan fingerprint density at radius 1 is 1.13 bits per heavy atom. The van der Waals surface area contributed by atoms with Crippen LogP contribution < -0.4 is 24.8 Å². The molecule has 196 valence electrons. The molecule has 0 saturated carbocycles. The fourth-order valence-corrected chi connectivity index (χ4v) is 4.40. The van der Waals surface area contributed by atoms with Crippen LogP contribution in [0.2, 0.25) is 0 Å². The fourth-order valence-electron chi connectivity index (χ4n) is 4.40. The van der Waals surface area contributed by atoms with Gasteiger partial charge in [-0.05, 0) is 35.9 Å². The summed E-state index contributed by atoms with van der Waals surface area (Å²) in [5.74, 6) is 0.314. The van der Waals surface area contributed by atoms with Crippen LogP contribution in [0.25, 0.3) is 0 Å². The van der Waals surface area contributed by atoms with Crippen LogP contribution in [0, 0.1) is 0 Å². The Labute approximate surface area is 219 Å². The lowest BCUT2D eigenvalue weighted by Crippen LogP contribution is -2.58. The van der Waals surface area contributed by atoms with E-state index in [2.05, 4.69) is 20.6 Å². The molecule has 4 heterocycles. The van der Waals surface area contributed by atoms with Crippen LogP contribution in [0.3, 0.4) is 0 Å². The van der Waals surface area contributed by atoms with Crippen molar-refractivity contribution in [2.75, 3.05) is 26.8 Å². The van der Waals surface area contributed by atoms with E-state index in [0.717, 1.165) is 5.56 Å². The number of hydrogen-bond acceptors (Lipinski definition) is 8. The number of hydrogen-bond donors (Lipinski definition) is 2. The van der Waals surface area contributed by atoms with Gasteiger partial charge in [-0.2, -0.15) is 0 Å². The SMILES string of the molecule is COc1ccc2cc1OCC(=O)NCc1ccc(cc1)O[C@@H]1CCN(C(=O)c3cnccn3)C[C@@H]1NC2=O. The number of carbonyl (C=O) groups excluding carboxylic acids is 3. The molecule has 1 aromatic heterocycles. The van der Waals surface area contributed by atoms with Gasteiger partial charge in [-0.1, -0.05) is 12.1 Å². The van der Waals surface area contributed by atoms with Gasteiger partial charge >= 0.3 is 0 Å². The first-order valence-corrected chi connectivity index (χ1v) is 12.2. The first kappa shape index (κ1) is 25.0. The average Bonchev–Trinajstić information content (AvgIpc) is 2.96. The number of nitrogens with zero attached hydrogens (tertiary/aromatic N) is 3. The first-order chi connectivity index (χ1) is 18.5. The van der Waals surface area contributed by atoms with Gasteiger partial charge in [0.15, 0.2) is 18.1 Å². The van der Waals surface area contributed by atoms with Crippen LogP contribution >= 0.6 is 0 Å². The summed E-state index contributed by atoms with van der Waals surface area (Å²) in [4.78, 5) is 48.5. The fraction of sp³-hybridized carbons (Fsp3) is 0.296. The van der Waals surface area contributed by atoms with Crippen molar-refractivity contribution in [2.45, 2.75) is 25.1 Å². The molecule has 3 aliphatic heterocycles. The van der Waals surface area contributed by atoms with Crippen molar-refractivity contribution in [3.8, 4) is 17.2 Å². The van der Waals surface area contributed by atoms with Crippen LogP contribution in [0.4, 0.5) is 0 Å². The van der Waals surface area contributed by atoms with E-state index in [-0.39, 0.29) is 48.4 Å². The highest BCUT2D eigenvalue weighted by atomic mass is 16.5. The Morgan fingerprint density at radius 2 is 1.97 bits per heavy atom. The van der Waals surface area contributed by atoms with Gasteiger partial charge in [-0.15, -0.1) is 0 Å². The zero-order chi connectivity index (χ0) is 26.5. The summed E-state index contributed by atoms with van der Waals surface area (Å²) >= 11 is 0. The van der Waals surface area contributed by atoms with Crippen molar-refractivity contribution >= 4 is 17.7 Å². The van der Waals surface area contributed by atoms with Crippen LogP contribution in [0.15, 0.2) is 61.1 Å². The number of likely N-dealkylation sites (tertiary alicyclic amines) is 1. The molecule has 6 rings (SSSR count). The molecule has 2 N–H and O–H groups in total. The van der Waals surface area contributed by atoms with E-state index >= 15 is 0 Å². The summed E-state index contributed by atoms with van der Waals surface area (Å²) in [5.41, 5.74) is 1.44. The predicted octanol–water partition coefficient (Wildman–Crippen LogP) is 1.59. The summed E-state index contributed by atoms with van der Waals surface area (Å²) in [6, 6.07) is 11.6. The zero-order valence-corrected chi connectivity index (χ0v) is 20.8. The Hall–Kier alpha value is -4.67. The maximum Gasteiger partial charge on any atom is 0.274 e. The number of piperidine rings is 1. The molecule has 0 aliphatic carbocycles. The Morgan fingerprint density at radius 3 is 2.74 bits per heavy atom. The molecule has 1 fully saturated rings. The largest absolute Gasteiger partial charge is 0.493 e. The molecule has 11 heteroatoms. The van der Waals surface area contributed by atoms with Gasteiger partial charge in [0.2, 0.25) is 0 Å². The molecule has 0 unspecified atom stereocenters. The van der Waals surface area contributed by atoms with Crippen molar-refractivity contribution < 1.29 is 28.6 Å². The Balaban J connectivity index is 1.44. The number of ether oxygens (including phenoxy) is 3. The van der Waals surface area contributed by atoms with Gasteiger partial charge in [-0.3, -0.25) is 19.4 Å². The smallest absolute Gasteiger partial charge is 0.274 e. The third kappa shape index (κ3) is 5.66. The Kier molecular flexibility index (Phi) is 7.34. The number of rotatable bonds is 2. The number of amides is 3. The second-order valence-electron chi connectivity index (χ2n) is 8.94. The highest BCUT2D eigenvalue weighted by Gasteiger charge is 2.35. The normalized spacial score (nSPS) is 19.7. The van der Waals surface area contributed by atoms with E-state index in [9.17, 15) is 14.4 Å². The minimum Gasteiger partial charge on any atom is -0.493 e. The zero-order valence-electron chi connectivity index (χ0n) is 20.8. The lowest BCUT2D eigenvalue weighted by molar-refractivity contribution is -0.123. The maximum absolute atomic E-state index is 13.3. The van der Waals surface area contributed by atoms with E-state index in [0.29, 0.717) is 36.6 Å². The lowest BCUT2D eigenvalue weighted by atomic mass is 10.0. The van der Waals surface area contributed by atoms with E-state index in [1.54, 1.807) is 17.0 Å². The summed E-state index contributed by atoms with van der Waals surface area (Å²) in [7, 11) is 1.48. The topological polar surface area (TPSA) is 132 Å². The molecule has 0 radical (unpaired) electrons. The molecule has 4 bridgehead atoms. The minimum atomic E-state index is -0.512. The molecular formula is C27H27N5O6. The molecule has 38 heavy (non-hydrogen) atoms. The van der Waals surface area contributed by atoms with Crippen LogP contribution in [0.1, 0.15) is 32.8 Å². The third-order valence-corrected chi connectivity index (χ3v) is 6.42. The standard InChI is InChI=1S/C27H27N5O6/c1-36-23-7-4-18-12-24(23)37-16-25(33)30-13-17-2-5-19(6-3-17)38-22-8-11-32(15-21(22)31-26(18)34)27(35)20-14-28-9-10-29-20/h2-7,9-10,12,14,21-22H,8,11,13,15-16H2,1H3,(H,30,33)(H,31,34)/t21-,22+/m0/s1. The van der Waals surface area contributed by atoms with Gasteiger partial charge in [0, 0.05) is 44.0 Å². The second kappa shape index (κ2) is 11.2. The van der Waals surface area contributed by atoms with Gasteiger partial charge in [0.25, 0.3) is 17.7 Å². The number of methoxy groups -OCH3 is 1. The average molecular weight is 518 g/mol.